The minimum atomic E-state index is -2.75. The third-order valence-corrected chi connectivity index (χ3v) is 11.9. The fourth-order valence-corrected chi connectivity index (χ4v) is 10.5. The summed E-state index contributed by atoms with van der Waals surface area (Å²) in [6, 6.07) is 20.7. The first kappa shape index (κ1) is 26.5. The van der Waals surface area contributed by atoms with Crippen LogP contribution >= 0.6 is 0 Å². The molecule has 0 radical (unpaired) electrons. The van der Waals surface area contributed by atoms with E-state index in [1.807, 2.05) is 12.1 Å². The summed E-state index contributed by atoms with van der Waals surface area (Å²) in [6.07, 6.45) is 11.1. The van der Waals surface area contributed by atoms with E-state index in [9.17, 15) is 0 Å². The van der Waals surface area contributed by atoms with Crippen LogP contribution in [0.25, 0.3) is 0 Å². The van der Waals surface area contributed by atoms with Crippen LogP contribution in [0.3, 0.4) is 0 Å². The molecule has 5 rings (SSSR count). The first-order valence-electron chi connectivity index (χ1n) is 13.7. The van der Waals surface area contributed by atoms with Crippen molar-refractivity contribution in [1.29, 1.82) is 0 Å². The fraction of sp³-hybridized carbons (Fsp3) is 0.484. The highest BCUT2D eigenvalue weighted by molar-refractivity contribution is 6.77. The second-order valence-corrected chi connectivity index (χ2v) is 13.5. The maximum Gasteiger partial charge on any atom is 0.376 e. The van der Waals surface area contributed by atoms with Gasteiger partial charge in [-0.25, -0.2) is 0 Å². The standard InChI is InChI=1S/C31H40O5Si/c1-32-22-27-16-17-28(23-33-20-25-10-4-2-5-11-25)35-37(30-14-8-9-15-30)31(27)19-18-29(36-37)24-34-21-26-12-6-3-7-13-26/h2-7,10-13,16,19,28-30H,8-9,14-15,17-18,20-24H2,1H3/t28-,29-,37?/m1/s1. The Kier molecular flexibility index (Phi) is 9.42. The molecule has 1 fully saturated rings. The zero-order valence-electron chi connectivity index (χ0n) is 22.0. The number of rotatable bonds is 11. The molecule has 5 nitrogen and oxygen atoms in total. The lowest BCUT2D eigenvalue weighted by Gasteiger charge is -2.44. The van der Waals surface area contributed by atoms with Gasteiger partial charge in [-0.2, -0.15) is 0 Å². The Hall–Kier alpha value is -2.06. The average molecular weight is 521 g/mol. The molecule has 6 heteroatoms. The van der Waals surface area contributed by atoms with Crippen molar-refractivity contribution < 1.29 is 23.1 Å². The smallest absolute Gasteiger partial charge is 0.376 e. The Labute approximate surface area is 222 Å². The van der Waals surface area contributed by atoms with Crippen molar-refractivity contribution in [3.63, 3.8) is 0 Å². The summed E-state index contributed by atoms with van der Waals surface area (Å²) in [5, 5.41) is 1.30. The van der Waals surface area contributed by atoms with Gasteiger partial charge in [0.2, 0.25) is 0 Å². The van der Waals surface area contributed by atoms with Crippen LogP contribution in [0.1, 0.15) is 49.7 Å². The fourth-order valence-electron chi connectivity index (χ4n) is 5.86. The molecule has 3 atom stereocenters. The third kappa shape index (κ3) is 6.69. The lowest BCUT2D eigenvalue weighted by atomic mass is 10.1. The molecular weight excluding hydrogens is 480 g/mol. The van der Waals surface area contributed by atoms with Crippen LogP contribution < -0.4 is 0 Å². The zero-order chi connectivity index (χ0) is 25.3. The van der Waals surface area contributed by atoms with Crippen LogP contribution in [0.2, 0.25) is 5.54 Å². The van der Waals surface area contributed by atoms with Crippen LogP contribution in [-0.2, 0) is 36.3 Å². The van der Waals surface area contributed by atoms with E-state index in [-0.39, 0.29) is 12.2 Å². The Bertz CT molecular complexity index is 1030. The molecule has 198 valence electrons. The van der Waals surface area contributed by atoms with Gasteiger partial charge < -0.3 is 23.1 Å². The van der Waals surface area contributed by atoms with Gasteiger partial charge in [-0.15, -0.1) is 0 Å². The number of methoxy groups -OCH3 is 1. The van der Waals surface area contributed by atoms with Crippen LogP contribution in [0, 0.1) is 0 Å². The molecule has 1 saturated carbocycles. The number of hydrogen-bond acceptors (Lipinski definition) is 5. The molecule has 2 heterocycles. The van der Waals surface area contributed by atoms with Crippen molar-refractivity contribution in [3.8, 4) is 0 Å². The van der Waals surface area contributed by atoms with Gasteiger partial charge in [-0.3, -0.25) is 0 Å². The topological polar surface area (TPSA) is 46.2 Å². The Balaban J connectivity index is 1.33. The second-order valence-electron chi connectivity index (χ2n) is 10.4. The zero-order valence-corrected chi connectivity index (χ0v) is 23.0. The van der Waals surface area contributed by atoms with Gasteiger partial charge in [-0.1, -0.05) is 85.7 Å². The first-order chi connectivity index (χ1) is 18.3. The SMILES string of the molecule is COCC1=CC[C@H](COCc2ccccc2)O[Si]2(C3CCCC3)O[C@@H](COCc3ccccc3)CC=C12. The van der Waals surface area contributed by atoms with Gasteiger partial charge in [0, 0.05) is 12.7 Å². The summed E-state index contributed by atoms with van der Waals surface area (Å²) in [4.78, 5) is 0. The molecule has 3 aliphatic rings. The van der Waals surface area contributed by atoms with E-state index in [1.54, 1.807) is 7.11 Å². The van der Waals surface area contributed by atoms with Gasteiger partial charge in [0.15, 0.2) is 0 Å². The van der Waals surface area contributed by atoms with E-state index < -0.39 is 8.56 Å². The summed E-state index contributed by atoms with van der Waals surface area (Å²) in [5.74, 6) is 0. The molecule has 2 aliphatic heterocycles. The van der Waals surface area contributed by atoms with Gasteiger partial charge in [0.1, 0.15) is 0 Å². The number of fused-ring (bicyclic) bond motifs is 1. The molecule has 0 N–H and O–H groups in total. The quantitative estimate of drug-likeness (QED) is 0.320. The van der Waals surface area contributed by atoms with Crippen LogP contribution in [0.5, 0.6) is 0 Å². The van der Waals surface area contributed by atoms with Gasteiger partial charge >= 0.3 is 8.56 Å². The first-order valence-corrected chi connectivity index (χ1v) is 15.6. The minimum absolute atomic E-state index is 0.00695. The molecule has 0 spiro atoms. The number of hydrogen-bond donors (Lipinski definition) is 0. The lowest BCUT2D eigenvalue weighted by Crippen LogP contribution is -2.56. The maximum absolute atomic E-state index is 7.16. The molecule has 1 unspecified atom stereocenters. The van der Waals surface area contributed by atoms with Crippen LogP contribution in [0.15, 0.2) is 83.6 Å². The van der Waals surface area contributed by atoms with Gasteiger partial charge in [0.25, 0.3) is 0 Å². The van der Waals surface area contributed by atoms with Crippen molar-refractivity contribution >= 4 is 8.56 Å². The Morgan fingerprint density at radius 1 is 0.730 bits per heavy atom. The van der Waals surface area contributed by atoms with Gasteiger partial charge in [-0.05, 0) is 47.6 Å². The highest BCUT2D eigenvalue weighted by Crippen LogP contribution is 2.49. The minimum Gasteiger partial charge on any atom is -0.385 e. The van der Waals surface area contributed by atoms with Crippen LogP contribution in [0.4, 0.5) is 0 Å². The molecule has 0 amide bonds. The largest absolute Gasteiger partial charge is 0.385 e. The molecule has 2 aromatic carbocycles. The van der Waals surface area contributed by atoms with E-state index in [1.165, 1.54) is 47.6 Å². The van der Waals surface area contributed by atoms with E-state index in [0.717, 1.165) is 12.8 Å². The van der Waals surface area contributed by atoms with Crippen molar-refractivity contribution in [1.82, 2.24) is 0 Å². The molecule has 37 heavy (non-hydrogen) atoms. The van der Waals surface area contributed by atoms with Crippen LogP contribution in [-0.4, -0.2) is 47.7 Å². The summed E-state index contributed by atoms with van der Waals surface area (Å²) < 4.78 is 32.3. The van der Waals surface area contributed by atoms with Gasteiger partial charge in [0.05, 0.1) is 45.2 Å². The van der Waals surface area contributed by atoms with Crippen molar-refractivity contribution in [3.05, 3.63) is 94.7 Å². The number of ether oxygens (including phenoxy) is 3. The van der Waals surface area contributed by atoms with E-state index in [4.69, 9.17) is 23.1 Å². The molecule has 0 aromatic heterocycles. The van der Waals surface area contributed by atoms with Crippen molar-refractivity contribution in [2.75, 3.05) is 26.9 Å². The Morgan fingerprint density at radius 2 is 1.27 bits per heavy atom. The highest BCUT2D eigenvalue weighted by Gasteiger charge is 2.56. The van der Waals surface area contributed by atoms with E-state index in [0.29, 0.717) is 38.6 Å². The summed E-state index contributed by atoms with van der Waals surface area (Å²) >= 11 is 0. The predicted octanol–water partition coefficient (Wildman–Crippen LogP) is 6.42. The summed E-state index contributed by atoms with van der Waals surface area (Å²) in [7, 11) is -0.975. The highest BCUT2D eigenvalue weighted by atomic mass is 28.4. The summed E-state index contributed by atoms with van der Waals surface area (Å²) in [5.41, 5.74) is 4.06. The maximum atomic E-state index is 7.16. The van der Waals surface area contributed by atoms with E-state index in [2.05, 4.69) is 60.7 Å². The molecule has 0 bridgehead atoms. The molecular formula is C31H40O5Si. The van der Waals surface area contributed by atoms with Crippen molar-refractivity contribution in [2.45, 2.75) is 69.5 Å². The van der Waals surface area contributed by atoms with E-state index >= 15 is 0 Å². The number of benzene rings is 2. The molecule has 2 aromatic rings. The van der Waals surface area contributed by atoms with Crippen molar-refractivity contribution in [2.24, 2.45) is 0 Å². The molecule has 1 aliphatic carbocycles. The monoisotopic (exact) mass is 520 g/mol. The second kappa shape index (κ2) is 13.1. The normalized spacial score (nSPS) is 26.3. The lowest BCUT2D eigenvalue weighted by molar-refractivity contribution is -0.0126. The predicted molar refractivity (Wildman–Crippen MR) is 147 cm³/mol. The third-order valence-electron chi connectivity index (χ3n) is 7.64. The summed E-state index contributed by atoms with van der Waals surface area (Å²) in [6.45, 7) is 2.90. The average Bonchev–Trinajstić information content (AvgIpc) is 3.43. The molecule has 0 saturated heterocycles. The Morgan fingerprint density at radius 3 is 1.81 bits per heavy atom.